The maximum atomic E-state index is 11.6. The molecular weight excluding hydrogens is 373 g/mol. The molecule has 3 fully saturated rings. The molecule has 114 valence electrons. The summed E-state index contributed by atoms with van der Waals surface area (Å²) in [6.45, 7) is 3.46. The second-order valence-corrected chi connectivity index (χ2v) is 8.57. The van der Waals surface area contributed by atoms with E-state index in [1.54, 1.807) is 0 Å². The number of rotatable bonds is 3. The number of aliphatic hydroxyl groups is 1. The molecule has 3 atom stereocenters. The number of halogens is 1. The molecule has 0 spiro atoms. The molecule has 0 amide bonds. The van der Waals surface area contributed by atoms with Crippen LogP contribution in [-0.2, 0) is 5.60 Å². The zero-order valence-corrected chi connectivity index (χ0v) is 14.6. The van der Waals surface area contributed by atoms with Crippen LogP contribution >= 0.6 is 22.6 Å². The minimum atomic E-state index is -0.584. The third kappa shape index (κ3) is 2.66. The van der Waals surface area contributed by atoms with Gasteiger partial charge in [0.1, 0.15) is 0 Å². The van der Waals surface area contributed by atoms with Crippen LogP contribution in [0.3, 0.4) is 0 Å². The molecule has 1 N–H and O–H groups in total. The van der Waals surface area contributed by atoms with Crippen LogP contribution in [0.2, 0.25) is 0 Å². The van der Waals surface area contributed by atoms with Crippen LogP contribution in [0.5, 0.6) is 0 Å². The number of benzene rings is 1. The number of hydrogen-bond donors (Lipinski definition) is 1. The molecule has 21 heavy (non-hydrogen) atoms. The Kier molecular flexibility index (Phi) is 3.79. The van der Waals surface area contributed by atoms with Gasteiger partial charge in [0, 0.05) is 35.0 Å². The summed E-state index contributed by atoms with van der Waals surface area (Å²) in [4.78, 5) is 2.65. The average Bonchev–Trinajstić information content (AvgIpc) is 3.24. The third-order valence-corrected chi connectivity index (χ3v) is 6.48. The van der Waals surface area contributed by atoms with Gasteiger partial charge in [-0.2, -0.15) is 0 Å². The van der Waals surface area contributed by atoms with Gasteiger partial charge in [-0.1, -0.05) is 18.6 Å². The van der Waals surface area contributed by atoms with Gasteiger partial charge < -0.3 is 10.0 Å². The summed E-state index contributed by atoms with van der Waals surface area (Å²) in [5.74, 6) is 1.79. The number of nitrogens with zero attached hydrogens (tertiary/aromatic N) is 1. The third-order valence-electron chi connectivity index (χ3n) is 5.81. The quantitative estimate of drug-likeness (QED) is 0.788. The van der Waals surface area contributed by atoms with E-state index in [1.165, 1.54) is 42.2 Å². The number of hydrogen-bond acceptors (Lipinski definition) is 2. The molecule has 0 radical (unpaired) electrons. The molecule has 4 rings (SSSR count). The largest absolute Gasteiger partial charge is 0.384 e. The molecule has 1 aliphatic heterocycles. The van der Waals surface area contributed by atoms with E-state index in [9.17, 15) is 5.11 Å². The molecule has 3 aliphatic rings. The summed E-state index contributed by atoms with van der Waals surface area (Å²) in [6, 6.07) is 8.55. The van der Waals surface area contributed by atoms with Gasteiger partial charge in [0.05, 0.1) is 5.60 Å². The van der Waals surface area contributed by atoms with Crippen LogP contribution in [-0.4, -0.2) is 29.6 Å². The molecule has 1 aromatic rings. The van der Waals surface area contributed by atoms with E-state index < -0.39 is 5.60 Å². The van der Waals surface area contributed by atoms with Gasteiger partial charge in [0.25, 0.3) is 0 Å². The Morgan fingerprint density at radius 3 is 2.48 bits per heavy atom. The monoisotopic (exact) mass is 397 g/mol. The average molecular weight is 397 g/mol. The highest BCUT2D eigenvalue weighted by Gasteiger charge is 2.51. The normalized spacial score (nSPS) is 36.7. The van der Waals surface area contributed by atoms with Crippen molar-refractivity contribution in [3.05, 3.63) is 33.4 Å². The van der Waals surface area contributed by atoms with Gasteiger partial charge in [-0.25, -0.2) is 0 Å². The van der Waals surface area contributed by atoms with Gasteiger partial charge in [-0.3, -0.25) is 0 Å². The highest BCUT2D eigenvalue weighted by Crippen LogP contribution is 2.49. The van der Waals surface area contributed by atoms with Gasteiger partial charge in [0.2, 0.25) is 0 Å². The Hall–Kier alpha value is -0.130. The molecular formula is C18H24INO. The number of fused-ring (bicyclic) bond motifs is 2. The Morgan fingerprint density at radius 1 is 1.14 bits per heavy atom. The number of piperidine rings is 1. The van der Waals surface area contributed by atoms with Crippen LogP contribution in [0.4, 0.5) is 0 Å². The Bertz CT molecular complexity index is 514. The summed E-state index contributed by atoms with van der Waals surface area (Å²) in [5.41, 5.74) is 0.578. The van der Waals surface area contributed by atoms with Crippen molar-refractivity contribution in [2.45, 2.75) is 37.7 Å². The summed E-state index contributed by atoms with van der Waals surface area (Å²) < 4.78 is 1.23. The van der Waals surface area contributed by atoms with Crippen molar-refractivity contribution in [3.63, 3.8) is 0 Å². The van der Waals surface area contributed by atoms with Crippen LogP contribution < -0.4 is 0 Å². The zero-order valence-electron chi connectivity index (χ0n) is 12.5. The lowest BCUT2D eigenvalue weighted by Gasteiger charge is -2.53. The van der Waals surface area contributed by atoms with Crippen molar-refractivity contribution in [2.24, 2.45) is 17.8 Å². The first-order valence-electron chi connectivity index (χ1n) is 8.37. The topological polar surface area (TPSA) is 23.5 Å². The maximum Gasteiger partial charge on any atom is 0.0977 e. The fourth-order valence-corrected chi connectivity index (χ4v) is 5.11. The van der Waals surface area contributed by atoms with Crippen LogP contribution in [0.25, 0.3) is 0 Å². The molecule has 1 saturated heterocycles. The molecule has 2 bridgehead atoms. The summed E-state index contributed by atoms with van der Waals surface area (Å²) in [7, 11) is 0. The van der Waals surface area contributed by atoms with Crippen molar-refractivity contribution in [1.82, 2.24) is 4.90 Å². The predicted octanol–water partition coefficient (Wildman–Crippen LogP) is 3.62. The molecule has 3 heteroatoms. The minimum Gasteiger partial charge on any atom is -0.384 e. The summed E-state index contributed by atoms with van der Waals surface area (Å²) in [5, 5.41) is 11.6. The molecule has 2 nitrogen and oxygen atoms in total. The fourth-order valence-electron chi connectivity index (χ4n) is 4.57. The lowest BCUT2D eigenvalue weighted by Crippen LogP contribution is -2.58. The Balaban J connectivity index is 1.62. The van der Waals surface area contributed by atoms with E-state index in [0.29, 0.717) is 11.8 Å². The molecule has 2 saturated carbocycles. The van der Waals surface area contributed by atoms with Gasteiger partial charge in [-0.15, -0.1) is 0 Å². The van der Waals surface area contributed by atoms with Crippen molar-refractivity contribution in [2.75, 3.05) is 19.6 Å². The summed E-state index contributed by atoms with van der Waals surface area (Å²) in [6.07, 6.45) is 6.50. The summed E-state index contributed by atoms with van der Waals surface area (Å²) >= 11 is 2.36. The minimum absolute atomic E-state index is 0.418. The van der Waals surface area contributed by atoms with Gasteiger partial charge in [0.15, 0.2) is 0 Å². The van der Waals surface area contributed by atoms with Crippen molar-refractivity contribution in [3.8, 4) is 0 Å². The van der Waals surface area contributed by atoms with Crippen LogP contribution in [0, 0.1) is 21.3 Å². The van der Waals surface area contributed by atoms with Crippen LogP contribution in [0.1, 0.15) is 37.7 Å². The lowest BCUT2D eigenvalue weighted by atomic mass is 9.62. The van der Waals surface area contributed by atoms with Crippen molar-refractivity contribution >= 4 is 22.6 Å². The van der Waals surface area contributed by atoms with Gasteiger partial charge in [-0.05, 0) is 71.9 Å². The fraction of sp³-hybridized carbons (Fsp3) is 0.667. The highest BCUT2D eigenvalue weighted by molar-refractivity contribution is 14.1. The smallest absolute Gasteiger partial charge is 0.0977 e. The second kappa shape index (κ2) is 5.50. The molecule has 1 aromatic carbocycles. The number of likely N-dealkylation sites (tertiary alicyclic amines) is 1. The van der Waals surface area contributed by atoms with Gasteiger partial charge >= 0.3 is 0 Å². The SMILES string of the molecule is O[C@]1(c2cccc(I)c2)[C@@H]2CCC[C@H]1CN(CC1CC1)C2. The zero-order chi connectivity index (χ0) is 14.4. The second-order valence-electron chi connectivity index (χ2n) is 7.32. The maximum absolute atomic E-state index is 11.6. The van der Waals surface area contributed by atoms with E-state index >= 15 is 0 Å². The first-order chi connectivity index (χ1) is 10.2. The van der Waals surface area contributed by atoms with E-state index in [-0.39, 0.29) is 0 Å². The molecule has 2 aliphatic carbocycles. The Labute approximate surface area is 141 Å². The predicted molar refractivity (Wildman–Crippen MR) is 93.1 cm³/mol. The van der Waals surface area contributed by atoms with E-state index in [1.807, 2.05) is 0 Å². The first-order valence-corrected chi connectivity index (χ1v) is 9.45. The van der Waals surface area contributed by atoms with E-state index in [0.717, 1.165) is 24.6 Å². The van der Waals surface area contributed by atoms with E-state index in [4.69, 9.17) is 0 Å². The first kappa shape index (κ1) is 14.5. The van der Waals surface area contributed by atoms with Crippen molar-refractivity contribution < 1.29 is 5.11 Å². The molecule has 0 unspecified atom stereocenters. The highest BCUT2D eigenvalue weighted by atomic mass is 127. The molecule has 1 heterocycles. The molecule has 0 aromatic heterocycles. The Morgan fingerprint density at radius 2 is 1.86 bits per heavy atom. The lowest BCUT2D eigenvalue weighted by molar-refractivity contribution is -0.147. The van der Waals surface area contributed by atoms with Crippen LogP contribution in [0.15, 0.2) is 24.3 Å². The van der Waals surface area contributed by atoms with Crippen molar-refractivity contribution in [1.29, 1.82) is 0 Å². The standard InChI is InChI=1S/C18H24INO/c19-17-6-2-3-14(9-17)18(21)15-4-1-5-16(18)12-20(11-15)10-13-7-8-13/h2-3,6,9,13,15-16,21H,1,4-5,7-8,10-12H2/t15-,16+,18-. The van der Waals surface area contributed by atoms with E-state index in [2.05, 4.69) is 51.8 Å².